The molecule has 4 aromatic carbocycles. The Bertz CT molecular complexity index is 1670. The van der Waals surface area contributed by atoms with Crippen molar-refractivity contribution in [3.8, 4) is 16.9 Å². The fraction of sp³-hybridized carbons (Fsp3) is 0.0968. The van der Waals surface area contributed by atoms with Gasteiger partial charge in [-0.25, -0.2) is 9.18 Å². The number of fused-ring (bicyclic) bond motifs is 1. The fourth-order valence-corrected chi connectivity index (χ4v) is 4.51. The molecule has 5 aromatic rings. The third-order valence-electron chi connectivity index (χ3n) is 6.31. The Balaban J connectivity index is 1.56. The van der Waals surface area contributed by atoms with E-state index in [-0.39, 0.29) is 23.4 Å². The van der Waals surface area contributed by atoms with Gasteiger partial charge in [0, 0.05) is 11.6 Å². The van der Waals surface area contributed by atoms with Crippen LogP contribution in [0.3, 0.4) is 0 Å². The van der Waals surface area contributed by atoms with Crippen molar-refractivity contribution in [1.29, 1.82) is 0 Å². The average molecular weight is 532 g/mol. The minimum Gasteiger partial charge on any atom is -0.486 e. The molecule has 1 heterocycles. The number of aromatic nitrogens is 1. The number of carboxylic acids is 1. The largest absolute Gasteiger partial charge is 0.486 e. The molecule has 0 aliphatic carbocycles. The lowest BCUT2D eigenvalue weighted by molar-refractivity contribution is -0.136. The highest BCUT2D eigenvalue weighted by atomic mass is 19.4. The van der Waals surface area contributed by atoms with Crippen LogP contribution in [-0.2, 0) is 19.2 Å². The number of nitrogens with zero attached hydrogens (tertiary/aromatic N) is 1. The van der Waals surface area contributed by atoms with Crippen molar-refractivity contribution in [2.45, 2.75) is 19.2 Å². The lowest BCUT2D eigenvalue weighted by Gasteiger charge is -2.17. The van der Waals surface area contributed by atoms with E-state index >= 15 is 0 Å². The zero-order valence-electron chi connectivity index (χ0n) is 20.4. The predicted molar refractivity (Wildman–Crippen MR) is 139 cm³/mol. The van der Waals surface area contributed by atoms with Gasteiger partial charge in [0.05, 0.1) is 16.6 Å². The van der Waals surface area contributed by atoms with Crippen LogP contribution in [0.15, 0.2) is 97.2 Å². The summed E-state index contributed by atoms with van der Waals surface area (Å²) in [5.41, 5.74) is 2.51. The van der Waals surface area contributed by atoms with Crippen molar-refractivity contribution >= 4 is 16.9 Å². The molecule has 0 saturated heterocycles. The SMILES string of the molecule is O=C(O)c1ccc(OCc2cccc(-c3c(Cc4ccccc4)cnc4c(C(F)(F)F)cccc34)c2)c(F)c1. The first-order valence-electron chi connectivity index (χ1n) is 12.0. The highest BCUT2D eigenvalue weighted by molar-refractivity contribution is 5.98. The summed E-state index contributed by atoms with van der Waals surface area (Å²) in [4.78, 5) is 15.3. The Kier molecular flexibility index (Phi) is 7.02. The van der Waals surface area contributed by atoms with Crippen molar-refractivity contribution < 1.29 is 32.2 Å². The summed E-state index contributed by atoms with van der Waals surface area (Å²) in [7, 11) is 0. The monoisotopic (exact) mass is 531 g/mol. The van der Waals surface area contributed by atoms with Crippen molar-refractivity contribution in [3.63, 3.8) is 0 Å². The van der Waals surface area contributed by atoms with E-state index in [0.29, 0.717) is 28.5 Å². The number of hydrogen-bond acceptors (Lipinski definition) is 3. The fourth-order valence-electron chi connectivity index (χ4n) is 4.51. The molecule has 1 N–H and O–H groups in total. The molecule has 0 aliphatic rings. The number of hydrogen-bond donors (Lipinski definition) is 1. The van der Waals surface area contributed by atoms with Crippen LogP contribution in [0.4, 0.5) is 17.6 Å². The number of carboxylic acid groups (broad SMARTS) is 1. The van der Waals surface area contributed by atoms with Gasteiger partial charge in [-0.05, 0) is 64.6 Å². The van der Waals surface area contributed by atoms with Gasteiger partial charge in [0.25, 0.3) is 0 Å². The van der Waals surface area contributed by atoms with Crippen molar-refractivity contribution in [3.05, 3.63) is 131 Å². The van der Waals surface area contributed by atoms with E-state index in [1.54, 1.807) is 30.3 Å². The van der Waals surface area contributed by atoms with Gasteiger partial charge in [0.1, 0.15) is 6.61 Å². The van der Waals surface area contributed by atoms with Gasteiger partial charge < -0.3 is 9.84 Å². The molecule has 4 nitrogen and oxygen atoms in total. The van der Waals surface area contributed by atoms with Gasteiger partial charge in [-0.2, -0.15) is 13.2 Å². The molecule has 0 fully saturated rings. The second-order valence-electron chi connectivity index (χ2n) is 8.96. The highest BCUT2D eigenvalue weighted by Gasteiger charge is 2.33. The zero-order valence-corrected chi connectivity index (χ0v) is 20.4. The van der Waals surface area contributed by atoms with E-state index in [1.807, 2.05) is 30.3 Å². The lowest BCUT2D eigenvalue weighted by Crippen LogP contribution is -2.07. The first kappa shape index (κ1) is 25.9. The summed E-state index contributed by atoms with van der Waals surface area (Å²) in [5, 5.41) is 9.39. The molecule has 39 heavy (non-hydrogen) atoms. The quantitative estimate of drug-likeness (QED) is 0.217. The molecule has 0 unspecified atom stereocenters. The van der Waals surface area contributed by atoms with Crippen LogP contribution in [0.5, 0.6) is 5.75 Å². The maximum Gasteiger partial charge on any atom is 0.418 e. The van der Waals surface area contributed by atoms with Crippen LogP contribution in [0.1, 0.15) is 32.6 Å². The number of rotatable bonds is 7. The van der Waals surface area contributed by atoms with Crippen LogP contribution >= 0.6 is 0 Å². The summed E-state index contributed by atoms with van der Waals surface area (Å²) in [5.74, 6) is -2.17. The summed E-state index contributed by atoms with van der Waals surface area (Å²) in [6.07, 6.45) is -2.62. The van der Waals surface area contributed by atoms with Gasteiger partial charge in [0.15, 0.2) is 11.6 Å². The van der Waals surface area contributed by atoms with E-state index in [1.165, 1.54) is 24.4 Å². The third kappa shape index (κ3) is 5.60. The smallest absolute Gasteiger partial charge is 0.418 e. The Labute approximate surface area is 221 Å². The van der Waals surface area contributed by atoms with Crippen LogP contribution in [0.25, 0.3) is 22.0 Å². The summed E-state index contributed by atoms with van der Waals surface area (Å²) in [6, 6.07) is 24.0. The summed E-state index contributed by atoms with van der Waals surface area (Å²) < 4.78 is 61.4. The van der Waals surface area contributed by atoms with Gasteiger partial charge in [-0.3, -0.25) is 4.98 Å². The second-order valence-corrected chi connectivity index (χ2v) is 8.96. The number of pyridine rings is 1. The number of halogens is 4. The van der Waals surface area contributed by atoms with E-state index in [4.69, 9.17) is 9.84 Å². The second kappa shape index (κ2) is 10.6. The van der Waals surface area contributed by atoms with Crippen LogP contribution in [-0.4, -0.2) is 16.1 Å². The molecule has 0 aliphatic heterocycles. The normalized spacial score (nSPS) is 11.5. The molecule has 0 atom stereocenters. The van der Waals surface area contributed by atoms with E-state index in [0.717, 1.165) is 23.3 Å². The molecule has 0 bridgehead atoms. The first-order valence-corrected chi connectivity index (χ1v) is 12.0. The van der Waals surface area contributed by atoms with Crippen LogP contribution in [0, 0.1) is 5.82 Å². The van der Waals surface area contributed by atoms with E-state index < -0.39 is 23.5 Å². The number of ether oxygens (including phenoxy) is 1. The van der Waals surface area contributed by atoms with E-state index in [2.05, 4.69) is 4.98 Å². The maximum absolute atomic E-state index is 14.3. The van der Waals surface area contributed by atoms with Crippen LogP contribution < -0.4 is 4.74 Å². The standard InChI is InChI=1S/C31H21F4NO3/c32-26-16-22(30(37)38)12-13-27(26)39-18-20-8-4-9-21(15-20)28-23(14-19-6-2-1-3-7-19)17-36-29-24(28)10-5-11-25(29)31(33,34)35/h1-13,15-17H,14,18H2,(H,37,38). The minimum atomic E-state index is -4.57. The van der Waals surface area contributed by atoms with Gasteiger partial charge in [0.2, 0.25) is 0 Å². The van der Waals surface area contributed by atoms with Crippen molar-refractivity contribution in [2.75, 3.05) is 0 Å². The Morgan fingerprint density at radius 3 is 2.33 bits per heavy atom. The highest BCUT2D eigenvalue weighted by Crippen LogP contribution is 2.39. The Hall–Kier alpha value is -4.72. The number of para-hydroxylation sites is 1. The Morgan fingerprint density at radius 1 is 0.872 bits per heavy atom. The molecular formula is C31H21F4NO3. The number of benzene rings is 4. The number of alkyl halides is 3. The minimum absolute atomic E-state index is 0.0397. The van der Waals surface area contributed by atoms with Gasteiger partial charge in [-0.1, -0.05) is 60.7 Å². The molecule has 0 spiro atoms. The summed E-state index contributed by atoms with van der Waals surface area (Å²) >= 11 is 0. The molecule has 0 radical (unpaired) electrons. The Morgan fingerprint density at radius 2 is 1.62 bits per heavy atom. The van der Waals surface area contributed by atoms with E-state index in [9.17, 15) is 22.4 Å². The van der Waals surface area contributed by atoms with Crippen molar-refractivity contribution in [1.82, 2.24) is 4.98 Å². The molecule has 5 rings (SSSR count). The topological polar surface area (TPSA) is 59.4 Å². The third-order valence-corrected chi connectivity index (χ3v) is 6.31. The molecule has 8 heteroatoms. The van der Waals surface area contributed by atoms with Gasteiger partial charge in [-0.15, -0.1) is 0 Å². The molecule has 196 valence electrons. The number of carbonyl (C=O) groups is 1. The molecule has 0 saturated carbocycles. The van der Waals surface area contributed by atoms with Crippen molar-refractivity contribution in [2.24, 2.45) is 0 Å². The molecule has 0 amide bonds. The number of aromatic carboxylic acids is 1. The van der Waals surface area contributed by atoms with Gasteiger partial charge >= 0.3 is 12.1 Å². The molecule has 1 aromatic heterocycles. The summed E-state index contributed by atoms with van der Waals surface area (Å²) in [6.45, 7) is -0.0397. The van der Waals surface area contributed by atoms with Crippen LogP contribution in [0.2, 0.25) is 0 Å². The molecular weight excluding hydrogens is 510 g/mol. The zero-order chi connectivity index (χ0) is 27.6. The maximum atomic E-state index is 14.3. The first-order chi connectivity index (χ1) is 18.7. The predicted octanol–water partition coefficient (Wildman–Crippen LogP) is 7.93. The lowest BCUT2D eigenvalue weighted by atomic mass is 9.91. The average Bonchev–Trinajstić information content (AvgIpc) is 2.92.